The lowest BCUT2D eigenvalue weighted by molar-refractivity contribution is -0.176. The maximum atomic E-state index is 13.3. The summed E-state index contributed by atoms with van der Waals surface area (Å²) in [7, 11) is 0. The Balaban J connectivity index is 1.65. The molecule has 4 rings (SSSR count). The Morgan fingerprint density at radius 3 is 2.44 bits per heavy atom. The van der Waals surface area contributed by atoms with Gasteiger partial charge in [0.25, 0.3) is 0 Å². The van der Waals surface area contributed by atoms with Crippen molar-refractivity contribution in [3.63, 3.8) is 0 Å². The van der Waals surface area contributed by atoms with Crippen LogP contribution in [0.25, 0.3) is 0 Å². The van der Waals surface area contributed by atoms with Crippen molar-refractivity contribution in [1.82, 2.24) is 0 Å². The first-order chi connectivity index (χ1) is 15.7. The third-order valence-corrected chi connectivity index (χ3v) is 10.7. The first-order valence-corrected chi connectivity index (χ1v) is 13.1. The van der Waals surface area contributed by atoms with Crippen molar-refractivity contribution in [3.05, 3.63) is 11.6 Å². The molecule has 0 aromatic rings. The van der Waals surface area contributed by atoms with Gasteiger partial charge in [-0.1, -0.05) is 20.8 Å². The number of fused-ring (bicyclic) bond motifs is 5. The molecule has 34 heavy (non-hydrogen) atoms. The van der Waals surface area contributed by atoms with Crippen LogP contribution in [0.15, 0.2) is 11.6 Å². The fourth-order valence-electron chi connectivity index (χ4n) is 8.37. The molecule has 0 bridgehead atoms. The van der Waals surface area contributed by atoms with E-state index in [1.807, 2.05) is 20.8 Å². The summed E-state index contributed by atoms with van der Waals surface area (Å²) >= 11 is 0. The molecule has 0 aromatic carbocycles. The van der Waals surface area contributed by atoms with Crippen LogP contribution in [0.3, 0.4) is 0 Å². The topological polar surface area (TPSA) is 138 Å². The molecule has 3 saturated carbocycles. The maximum absolute atomic E-state index is 13.3. The van der Waals surface area contributed by atoms with E-state index in [2.05, 4.69) is 0 Å². The monoisotopic (exact) mass is 480 g/mol. The largest absolute Gasteiger partial charge is 0.396 e. The summed E-state index contributed by atoms with van der Waals surface area (Å²) in [5, 5.41) is 64.7. The number of aliphatic hydroxyl groups is 6. The average Bonchev–Trinajstić information content (AvgIpc) is 3.06. The first-order valence-electron chi connectivity index (χ1n) is 13.1. The van der Waals surface area contributed by atoms with E-state index in [1.54, 1.807) is 13.0 Å². The number of carbonyl (C=O) groups is 1. The molecule has 0 unspecified atom stereocenters. The quantitative estimate of drug-likeness (QED) is 0.340. The number of hydrogen-bond acceptors (Lipinski definition) is 7. The highest BCUT2D eigenvalue weighted by Crippen LogP contribution is 2.68. The summed E-state index contributed by atoms with van der Waals surface area (Å²) in [6.45, 7) is 7.59. The fourth-order valence-corrected chi connectivity index (χ4v) is 8.37. The van der Waals surface area contributed by atoms with Crippen molar-refractivity contribution < 1.29 is 35.4 Å². The minimum Gasteiger partial charge on any atom is -0.396 e. The highest BCUT2D eigenvalue weighted by molar-refractivity contribution is 5.95. The summed E-state index contributed by atoms with van der Waals surface area (Å²) in [5.74, 6) is -0.859. The molecule has 0 radical (unpaired) electrons. The zero-order valence-electron chi connectivity index (χ0n) is 21.1. The van der Waals surface area contributed by atoms with Gasteiger partial charge in [0.15, 0.2) is 5.78 Å². The van der Waals surface area contributed by atoms with Crippen LogP contribution in [0.1, 0.15) is 79.1 Å². The van der Waals surface area contributed by atoms with Crippen molar-refractivity contribution in [2.24, 2.45) is 34.5 Å². The van der Waals surface area contributed by atoms with Crippen LogP contribution in [0.2, 0.25) is 0 Å². The Morgan fingerprint density at radius 2 is 1.79 bits per heavy atom. The van der Waals surface area contributed by atoms with Crippen molar-refractivity contribution in [2.75, 3.05) is 6.61 Å². The molecule has 0 aliphatic heterocycles. The third-order valence-electron chi connectivity index (χ3n) is 10.7. The molecule has 7 nitrogen and oxygen atoms in total. The number of ketones is 1. The summed E-state index contributed by atoms with van der Waals surface area (Å²) in [6, 6.07) is 0. The molecule has 3 fully saturated rings. The van der Waals surface area contributed by atoms with Crippen LogP contribution < -0.4 is 0 Å². The van der Waals surface area contributed by atoms with Gasteiger partial charge in [-0.15, -0.1) is 0 Å². The number of carbonyl (C=O) groups excluding carboxylic acids is 1. The second kappa shape index (κ2) is 8.63. The van der Waals surface area contributed by atoms with E-state index in [9.17, 15) is 35.4 Å². The second-order valence-corrected chi connectivity index (χ2v) is 12.7. The van der Waals surface area contributed by atoms with Gasteiger partial charge < -0.3 is 30.6 Å². The van der Waals surface area contributed by atoms with E-state index in [4.69, 9.17) is 0 Å². The number of aliphatic hydroxyl groups excluding tert-OH is 4. The Labute approximate surface area is 202 Å². The van der Waals surface area contributed by atoms with Crippen LogP contribution in [0.5, 0.6) is 0 Å². The minimum absolute atomic E-state index is 0.0326. The Hall–Kier alpha value is -0.830. The molecule has 0 heterocycles. The molecule has 0 aromatic heterocycles. The van der Waals surface area contributed by atoms with Crippen molar-refractivity contribution >= 4 is 5.78 Å². The van der Waals surface area contributed by atoms with Crippen molar-refractivity contribution in [2.45, 2.75) is 109 Å². The lowest BCUT2D eigenvalue weighted by Gasteiger charge is -2.60. The lowest BCUT2D eigenvalue weighted by atomic mass is 9.45. The smallest absolute Gasteiger partial charge is 0.159 e. The Bertz CT molecular complexity index is 839. The standard InChI is InChI=1S/C27H44O7/c1-15(14-28)5-6-23(32)26(4,33)22-8-10-27(34)17-11-19(29)18-12-20(30)21(31)13-24(18,2)16(17)7-9-25(22,27)3/h11,15-16,18,20-23,28,30-34H,5-10,12-14H2,1-4H3/t15-,16-,18-,20+,21-,22-,23+,24-,25-,26+,27+/m0/s1. The molecule has 0 saturated heterocycles. The molecule has 0 spiro atoms. The molecule has 4 aliphatic rings. The SMILES string of the molecule is C[C@H](CO)CC[C@@H](O)[C@](C)(O)[C@H]1CC[C@@]2(O)C3=CC(=O)[C@@H]4C[C@@H](O)[C@@H](O)C[C@@]4(C)[C@H]3CC[C@@]12C. The van der Waals surface area contributed by atoms with Gasteiger partial charge in [0.2, 0.25) is 0 Å². The van der Waals surface area contributed by atoms with Gasteiger partial charge >= 0.3 is 0 Å². The fraction of sp³-hybridized carbons (Fsp3) is 0.889. The minimum atomic E-state index is -1.42. The zero-order valence-corrected chi connectivity index (χ0v) is 21.1. The molecule has 4 aliphatic carbocycles. The van der Waals surface area contributed by atoms with Gasteiger partial charge in [-0.2, -0.15) is 0 Å². The van der Waals surface area contributed by atoms with Crippen molar-refractivity contribution in [3.8, 4) is 0 Å². The molecule has 11 atom stereocenters. The molecule has 194 valence electrons. The van der Waals surface area contributed by atoms with Gasteiger partial charge in [0.1, 0.15) is 0 Å². The molecular formula is C27H44O7. The second-order valence-electron chi connectivity index (χ2n) is 12.7. The summed E-state index contributed by atoms with van der Waals surface area (Å²) < 4.78 is 0. The normalized spacial score (nSPS) is 47.6. The van der Waals surface area contributed by atoms with E-state index in [1.165, 1.54) is 0 Å². The predicted molar refractivity (Wildman–Crippen MR) is 127 cm³/mol. The predicted octanol–water partition coefficient (Wildman–Crippen LogP) is 1.71. The third kappa shape index (κ3) is 3.65. The molecular weight excluding hydrogens is 436 g/mol. The molecule has 0 amide bonds. The van der Waals surface area contributed by atoms with E-state index < -0.39 is 40.3 Å². The van der Waals surface area contributed by atoms with E-state index >= 15 is 0 Å². The average molecular weight is 481 g/mol. The van der Waals surface area contributed by atoms with E-state index in [-0.39, 0.29) is 42.5 Å². The van der Waals surface area contributed by atoms with Gasteiger partial charge in [-0.3, -0.25) is 4.79 Å². The van der Waals surface area contributed by atoms with Crippen LogP contribution in [-0.2, 0) is 4.79 Å². The summed E-state index contributed by atoms with van der Waals surface area (Å²) in [5.41, 5.74) is -3.21. The van der Waals surface area contributed by atoms with Crippen LogP contribution in [0.4, 0.5) is 0 Å². The number of allylic oxidation sites excluding steroid dienone is 1. The lowest BCUT2D eigenvalue weighted by Crippen LogP contribution is -2.62. The van der Waals surface area contributed by atoms with Gasteiger partial charge in [-0.05, 0) is 93.1 Å². The van der Waals surface area contributed by atoms with Crippen LogP contribution in [0, 0.1) is 34.5 Å². The van der Waals surface area contributed by atoms with E-state index in [0.29, 0.717) is 38.5 Å². The first kappa shape index (κ1) is 26.2. The van der Waals surface area contributed by atoms with Gasteiger partial charge in [-0.25, -0.2) is 0 Å². The number of hydrogen-bond donors (Lipinski definition) is 6. The van der Waals surface area contributed by atoms with Crippen LogP contribution >= 0.6 is 0 Å². The number of rotatable bonds is 6. The highest BCUT2D eigenvalue weighted by atomic mass is 16.3. The molecule has 7 heteroatoms. The van der Waals surface area contributed by atoms with Crippen LogP contribution in [-0.4, -0.2) is 72.5 Å². The summed E-state index contributed by atoms with van der Waals surface area (Å²) in [6.07, 6.45) is 2.65. The zero-order chi connectivity index (χ0) is 25.3. The van der Waals surface area contributed by atoms with Gasteiger partial charge in [0, 0.05) is 17.9 Å². The maximum Gasteiger partial charge on any atom is 0.159 e. The Kier molecular flexibility index (Phi) is 6.66. The van der Waals surface area contributed by atoms with Gasteiger partial charge in [0.05, 0.1) is 29.5 Å². The highest BCUT2D eigenvalue weighted by Gasteiger charge is 2.69. The van der Waals surface area contributed by atoms with E-state index in [0.717, 1.165) is 12.0 Å². The van der Waals surface area contributed by atoms with Crippen molar-refractivity contribution in [1.29, 1.82) is 0 Å². The Morgan fingerprint density at radius 1 is 1.12 bits per heavy atom. The molecule has 6 N–H and O–H groups in total. The summed E-state index contributed by atoms with van der Waals surface area (Å²) in [4.78, 5) is 13.3.